The Morgan fingerprint density at radius 2 is 1.62 bits per heavy atom. The maximum atomic E-state index is 16.4. The Morgan fingerprint density at radius 3 is 2.38 bits per heavy atom. The van der Waals surface area contributed by atoms with Crippen molar-refractivity contribution in [2.24, 2.45) is 50.2 Å². The van der Waals surface area contributed by atoms with Crippen molar-refractivity contribution >= 4 is 28.4 Å². The molecular formula is C72H94N4O8. The van der Waals surface area contributed by atoms with E-state index in [2.05, 4.69) is 91.4 Å². The van der Waals surface area contributed by atoms with Crippen molar-refractivity contribution in [3.05, 3.63) is 92.6 Å². The smallest absolute Gasteiger partial charge is 0.160 e. The Bertz CT molecular complexity index is 3460. The minimum absolute atomic E-state index is 0.0607. The molecule has 8 fully saturated rings. The summed E-state index contributed by atoms with van der Waals surface area (Å²) in [4.78, 5) is 55.4. The van der Waals surface area contributed by atoms with E-state index >= 15 is 14.4 Å². The van der Waals surface area contributed by atoms with E-state index in [1.807, 2.05) is 13.8 Å². The first-order valence-electron chi connectivity index (χ1n) is 33.6. The number of carbonyl (C=O) groups is 3. The molecule has 2 bridgehead atoms. The van der Waals surface area contributed by atoms with Crippen molar-refractivity contribution in [1.82, 2.24) is 19.9 Å². The van der Waals surface area contributed by atoms with Crippen LogP contribution in [-0.2, 0) is 48.8 Å². The summed E-state index contributed by atoms with van der Waals surface area (Å²) < 4.78 is 14.5. The molecule has 16 rings (SSSR count). The van der Waals surface area contributed by atoms with Crippen LogP contribution < -0.4 is 5.32 Å². The van der Waals surface area contributed by atoms with E-state index in [1.165, 1.54) is 36.1 Å². The minimum Gasteiger partial charge on any atom is -0.392 e. The number of aliphatic hydroxyl groups is 3. The number of fused-ring (bicyclic) bond motifs is 10. The summed E-state index contributed by atoms with van der Waals surface area (Å²) in [6.07, 6.45) is 22.6. The number of benzene rings is 1. The van der Waals surface area contributed by atoms with E-state index in [9.17, 15) is 15.3 Å². The molecule has 2 spiro atoms. The molecule has 12 aliphatic rings. The topological polar surface area (TPSA) is 182 Å². The third-order valence-corrected chi connectivity index (χ3v) is 28.0. The van der Waals surface area contributed by atoms with Gasteiger partial charge in [-0.3, -0.25) is 14.4 Å². The van der Waals surface area contributed by atoms with Crippen LogP contribution >= 0.6 is 0 Å². The fourth-order valence-electron chi connectivity index (χ4n) is 24.0. The van der Waals surface area contributed by atoms with Crippen LogP contribution in [-0.4, -0.2) is 97.4 Å². The van der Waals surface area contributed by atoms with Crippen LogP contribution in [0.15, 0.2) is 47.9 Å². The molecule has 2 saturated heterocycles. The summed E-state index contributed by atoms with van der Waals surface area (Å²) in [6.45, 7) is 15.2. The van der Waals surface area contributed by atoms with Gasteiger partial charge in [0.05, 0.1) is 46.3 Å². The molecule has 6 heterocycles. The number of aromatic nitrogens is 3. The van der Waals surface area contributed by atoms with Crippen molar-refractivity contribution in [3.63, 3.8) is 0 Å². The van der Waals surface area contributed by atoms with E-state index < -0.39 is 62.3 Å². The van der Waals surface area contributed by atoms with Crippen LogP contribution in [0.1, 0.15) is 238 Å². The van der Waals surface area contributed by atoms with Crippen LogP contribution in [0.2, 0.25) is 0 Å². The fraction of sp³-hybridized carbons (Fsp3) is 0.708. The van der Waals surface area contributed by atoms with Crippen LogP contribution in [0.25, 0.3) is 11.0 Å². The molecule has 0 amide bonds. The summed E-state index contributed by atoms with van der Waals surface area (Å²) in [5.41, 5.74) is 8.05. The largest absolute Gasteiger partial charge is 0.392 e. The van der Waals surface area contributed by atoms with E-state index in [0.29, 0.717) is 88.7 Å². The number of aryl methyl sites for hydroxylation is 1. The van der Waals surface area contributed by atoms with Gasteiger partial charge in [-0.1, -0.05) is 65.5 Å². The molecule has 12 heteroatoms. The van der Waals surface area contributed by atoms with Crippen LogP contribution in [0.4, 0.5) is 0 Å². The van der Waals surface area contributed by atoms with Crippen molar-refractivity contribution in [3.8, 4) is 0 Å². The molecule has 3 aliphatic heterocycles. The monoisotopic (exact) mass is 1140 g/mol. The number of hydrogen-bond acceptors (Lipinski definition) is 9. The molecular weight excluding hydrogens is 1050 g/mol. The lowest BCUT2D eigenvalue weighted by atomic mass is 9.27. The lowest BCUT2D eigenvalue weighted by molar-refractivity contribution is -0.271. The molecule has 16 atom stereocenters. The third-order valence-electron chi connectivity index (χ3n) is 28.0. The summed E-state index contributed by atoms with van der Waals surface area (Å²) in [5, 5.41) is 43.7. The molecule has 6 saturated carbocycles. The van der Waals surface area contributed by atoms with E-state index in [1.54, 1.807) is 0 Å². The predicted octanol–water partition coefficient (Wildman–Crippen LogP) is 12.0. The number of aliphatic hydroxyl groups excluding tert-OH is 2. The number of epoxide rings is 1. The Hall–Kier alpha value is -4.17. The van der Waals surface area contributed by atoms with Crippen molar-refractivity contribution < 1.29 is 39.2 Å². The third kappa shape index (κ3) is 7.13. The van der Waals surface area contributed by atoms with E-state index in [4.69, 9.17) is 9.47 Å². The number of hydrogen-bond donors (Lipinski definition) is 6. The Morgan fingerprint density at radius 1 is 0.833 bits per heavy atom. The quantitative estimate of drug-likeness (QED) is 0.0981. The van der Waals surface area contributed by atoms with Crippen molar-refractivity contribution in [2.75, 3.05) is 20.3 Å². The maximum Gasteiger partial charge on any atom is 0.160 e. The molecule has 16 unspecified atom stereocenters. The van der Waals surface area contributed by atoms with Crippen LogP contribution in [0.5, 0.6) is 0 Å². The number of nitrogens with one attached hydrogen (secondary N) is 3. The average Bonchev–Trinajstić information content (AvgIpc) is 1.60. The molecule has 3 aromatic heterocycles. The van der Waals surface area contributed by atoms with Gasteiger partial charge in [-0.05, 0) is 201 Å². The number of ketones is 3. The highest BCUT2D eigenvalue weighted by Crippen LogP contribution is 2.84. The SMILES string of the molecule is CNC1CCCC2(C1)C(=O)C1c3cc[nH]c3C3CCC1(C3)C1(C)C2CCC2(C)C1C(O)C1Cn3cc(C4C(=O)CCc5c4cc(C4CCCCC4)cc5C4(O)CCOCC4)c4[nH]cc(c43)CCC(C)(CC(O)C3OC3(C)C)C3=C1C2(C)CC3=O. The lowest BCUT2D eigenvalue weighted by Gasteiger charge is -2.76. The summed E-state index contributed by atoms with van der Waals surface area (Å²) in [7, 11) is 2.08. The number of allylic oxidation sites excluding steroid dienone is 1. The zero-order chi connectivity index (χ0) is 58.0. The van der Waals surface area contributed by atoms with Gasteiger partial charge in [0.25, 0.3) is 0 Å². The van der Waals surface area contributed by atoms with Gasteiger partial charge in [0.15, 0.2) is 5.78 Å². The number of H-pyrrole nitrogens is 2. The highest BCUT2D eigenvalue weighted by atomic mass is 16.6. The van der Waals surface area contributed by atoms with Gasteiger partial charge >= 0.3 is 0 Å². The fourth-order valence-corrected chi connectivity index (χ4v) is 24.0. The normalized spacial score (nSPS) is 42.3. The average molecular weight is 1140 g/mol. The standard InChI is InChI=1S/C72H94N4O8/c1-65(2)64(84-65)52(79)34-66(3)22-17-41-36-75-59-47(54-46-30-42(39-12-9-8-10-13-39)31-49(44(46)15-16-50(54)77)72(82)25-28-83-29-26-72)37-76(60(41)59)38-48-55-57(66)51(78)35-68(55,5)67(4)23-19-53-69(6,62(67)61(48)80)71-24-18-40(32-71)58-45(20-27-74-58)56(71)63(81)70(53)21-11-14-43(33-70)73-7/h20,27,30-31,36-37,39-40,43,48,52-54,56,61-62,64,73-75,79-80,82H,8-19,21-26,28-29,32-35,38H2,1-7H3. The second-order valence-electron chi connectivity index (χ2n) is 31.8. The summed E-state index contributed by atoms with van der Waals surface area (Å²) in [5.74, 6) is 0.00715. The number of Topliss-reactive ketones (excluding diaryl/α,β-unsaturated/α-hetero) is 3. The lowest BCUT2D eigenvalue weighted by Crippen LogP contribution is -2.75. The van der Waals surface area contributed by atoms with E-state index in [0.717, 1.165) is 121 Å². The first-order chi connectivity index (χ1) is 40.2. The van der Waals surface area contributed by atoms with Crippen molar-refractivity contribution in [1.29, 1.82) is 0 Å². The van der Waals surface area contributed by atoms with Crippen LogP contribution in [0, 0.1) is 50.2 Å². The zero-order valence-electron chi connectivity index (χ0n) is 51.3. The van der Waals surface area contributed by atoms with Gasteiger partial charge in [-0.15, -0.1) is 0 Å². The van der Waals surface area contributed by atoms with E-state index in [-0.39, 0.29) is 46.9 Å². The summed E-state index contributed by atoms with van der Waals surface area (Å²) >= 11 is 0. The molecule has 9 aliphatic carbocycles. The molecule has 84 heavy (non-hydrogen) atoms. The molecule has 1 aromatic carbocycles. The zero-order valence-corrected chi connectivity index (χ0v) is 51.3. The second-order valence-corrected chi connectivity index (χ2v) is 31.8. The van der Waals surface area contributed by atoms with Gasteiger partial charge in [-0.25, -0.2) is 0 Å². The van der Waals surface area contributed by atoms with Gasteiger partial charge in [0.2, 0.25) is 0 Å². The minimum atomic E-state index is -1.04. The Labute approximate surface area is 496 Å². The molecule has 6 N–H and O–H groups in total. The number of nitrogens with zero attached hydrogens (tertiary/aromatic N) is 1. The van der Waals surface area contributed by atoms with Gasteiger partial charge in [-0.2, -0.15) is 0 Å². The predicted molar refractivity (Wildman–Crippen MR) is 322 cm³/mol. The Balaban J connectivity index is 0.903. The maximum absolute atomic E-state index is 16.4. The molecule has 12 nitrogen and oxygen atoms in total. The van der Waals surface area contributed by atoms with Gasteiger partial charge < -0.3 is 44.6 Å². The first kappa shape index (κ1) is 55.2. The molecule has 4 aromatic rings. The number of ether oxygens (including phenoxy) is 2. The van der Waals surface area contributed by atoms with Gasteiger partial charge in [0.1, 0.15) is 17.7 Å². The second kappa shape index (κ2) is 18.5. The number of aromatic amines is 2. The number of carbonyl (C=O) groups excluding carboxylic acids is 3. The number of rotatable bonds is 7. The summed E-state index contributed by atoms with van der Waals surface area (Å²) in [6, 6.07) is 7.18. The van der Waals surface area contributed by atoms with Crippen molar-refractivity contribution in [2.45, 2.75) is 249 Å². The highest BCUT2D eigenvalue weighted by Gasteiger charge is 2.81. The molecule has 0 radical (unpaired) electrons. The van der Waals surface area contributed by atoms with Gasteiger partial charge in [0, 0.05) is 104 Å². The molecule has 450 valence electrons. The van der Waals surface area contributed by atoms with Crippen LogP contribution in [0.3, 0.4) is 0 Å². The highest BCUT2D eigenvalue weighted by molar-refractivity contribution is 6.02. The first-order valence-corrected chi connectivity index (χ1v) is 33.6. The Kier molecular flexibility index (Phi) is 12.1.